The van der Waals surface area contributed by atoms with Gasteiger partial charge in [0.05, 0.1) is 0 Å². The van der Waals surface area contributed by atoms with Gasteiger partial charge in [-0.3, -0.25) is 0 Å². The molecule has 0 amide bonds. The zero-order valence-electron chi connectivity index (χ0n) is 11.3. The molecule has 17 heavy (non-hydrogen) atoms. The van der Waals surface area contributed by atoms with Crippen molar-refractivity contribution in [3.63, 3.8) is 0 Å². The number of rotatable bonds is 6. The van der Waals surface area contributed by atoms with Crippen molar-refractivity contribution in [3.05, 3.63) is 72.3 Å². The van der Waals surface area contributed by atoms with Crippen molar-refractivity contribution in [2.75, 3.05) is 0 Å². The zero-order valence-corrected chi connectivity index (χ0v) is 11.3. The fourth-order valence-corrected chi connectivity index (χ4v) is 1.05. The van der Waals surface area contributed by atoms with Crippen LogP contribution in [-0.4, -0.2) is 0 Å². The third-order valence-electron chi connectivity index (χ3n) is 1.89. The molecule has 0 aliphatic heterocycles. The Morgan fingerprint density at radius 1 is 0.941 bits per heavy atom. The average molecular weight is 230 g/mol. The molecular formula is C16H22O. The van der Waals surface area contributed by atoms with E-state index in [-0.39, 0.29) is 0 Å². The lowest BCUT2D eigenvalue weighted by atomic mass is 10.2. The average Bonchev–Trinajstić information content (AvgIpc) is 2.25. The third-order valence-corrected chi connectivity index (χ3v) is 1.89. The maximum absolute atomic E-state index is 5.69. The summed E-state index contributed by atoms with van der Waals surface area (Å²) < 4.78 is 5.69. The molecule has 0 saturated heterocycles. The van der Waals surface area contributed by atoms with Crippen LogP contribution < -0.4 is 0 Å². The molecule has 0 aromatic heterocycles. The normalized spacial score (nSPS) is 13.1. The molecule has 0 N–H and O–H groups in total. The first-order valence-electron chi connectivity index (χ1n) is 5.62. The summed E-state index contributed by atoms with van der Waals surface area (Å²) in [5.74, 6) is 1.62. The second-order valence-electron chi connectivity index (χ2n) is 4.02. The summed E-state index contributed by atoms with van der Waals surface area (Å²) in [6.07, 6.45) is 11.2. The molecule has 0 aliphatic rings. The van der Waals surface area contributed by atoms with Crippen LogP contribution in [0.15, 0.2) is 72.3 Å². The van der Waals surface area contributed by atoms with E-state index in [2.05, 4.69) is 13.2 Å². The molecule has 1 heteroatoms. The summed E-state index contributed by atoms with van der Waals surface area (Å²) in [6, 6.07) is 0. The monoisotopic (exact) mass is 230 g/mol. The highest BCUT2D eigenvalue weighted by molar-refractivity contribution is 5.24. The fraction of sp³-hybridized carbons (Fsp3) is 0.250. The lowest BCUT2D eigenvalue weighted by Gasteiger charge is -2.06. The summed E-state index contributed by atoms with van der Waals surface area (Å²) in [5.41, 5.74) is 2.29. The minimum atomic E-state index is 0.790. The van der Waals surface area contributed by atoms with Crippen LogP contribution in [0.25, 0.3) is 0 Å². The molecule has 0 heterocycles. The molecule has 0 spiro atoms. The van der Waals surface area contributed by atoms with E-state index in [4.69, 9.17) is 4.74 Å². The molecule has 0 fully saturated rings. The van der Waals surface area contributed by atoms with Crippen LogP contribution in [0.2, 0.25) is 0 Å². The molecule has 0 rings (SSSR count). The van der Waals surface area contributed by atoms with E-state index in [0.29, 0.717) is 0 Å². The van der Waals surface area contributed by atoms with Gasteiger partial charge in [-0.05, 0) is 45.9 Å². The third kappa shape index (κ3) is 8.09. The van der Waals surface area contributed by atoms with Crippen LogP contribution in [-0.2, 0) is 4.74 Å². The molecular weight excluding hydrogens is 208 g/mol. The molecule has 0 aromatic rings. The smallest absolute Gasteiger partial charge is 0.126 e. The maximum atomic E-state index is 5.69. The van der Waals surface area contributed by atoms with Gasteiger partial charge < -0.3 is 4.74 Å². The Morgan fingerprint density at radius 3 is 2.06 bits per heavy atom. The number of hydrogen-bond donors (Lipinski definition) is 0. The van der Waals surface area contributed by atoms with Gasteiger partial charge in [-0.2, -0.15) is 0 Å². The minimum Gasteiger partial charge on any atom is -0.462 e. The lowest BCUT2D eigenvalue weighted by Crippen LogP contribution is -1.88. The summed E-state index contributed by atoms with van der Waals surface area (Å²) in [5, 5.41) is 0. The van der Waals surface area contributed by atoms with Crippen molar-refractivity contribution >= 4 is 0 Å². The second-order valence-corrected chi connectivity index (χ2v) is 4.02. The van der Waals surface area contributed by atoms with Crippen molar-refractivity contribution in [3.8, 4) is 0 Å². The van der Waals surface area contributed by atoms with Gasteiger partial charge in [-0.25, -0.2) is 0 Å². The van der Waals surface area contributed by atoms with Crippen LogP contribution in [0.5, 0.6) is 0 Å². The summed E-state index contributed by atoms with van der Waals surface area (Å²) >= 11 is 0. The van der Waals surface area contributed by atoms with Crippen molar-refractivity contribution in [1.82, 2.24) is 0 Å². The van der Waals surface area contributed by atoms with Gasteiger partial charge in [0.15, 0.2) is 0 Å². The maximum Gasteiger partial charge on any atom is 0.126 e. The quantitative estimate of drug-likeness (QED) is 0.457. The van der Waals surface area contributed by atoms with Crippen LogP contribution >= 0.6 is 0 Å². The molecule has 0 radical (unpaired) electrons. The molecule has 0 aliphatic carbocycles. The minimum absolute atomic E-state index is 0.790. The molecule has 0 saturated carbocycles. The zero-order chi connectivity index (χ0) is 13.3. The Hall–Kier alpha value is -1.76. The van der Waals surface area contributed by atoms with Crippen LogP contribution in [0.3, 0.4) is 0 Å². The van der Waals surface area contributed by atoms with E-state index in [9.17, 15) is 0 Å². The van der Waals surface area contributed by atoms with E-state index < -0.39 is 0 Å². The highest BCUT2D eigenvalue weighted by Gasteiger charge is 1.94. The lowest BCUT2D eigenvalue weighted by molar-refractivity contribution is 0.322. The van der Waals surface area contributed by atoms with Crippen molar-refractivity contribution in [1.29, 1.82) is 0 Å². The number of hydrogen-bond acceptors (Lipinski definition) is 1. The van der Waals surface area contributed by atoms with Gasteiger partial charge >= 0.3 is 0 Å². The first-order valence-corrected chi connectivity index (χ1v) is 5.62. The first-order chi connectivity index (χ1) is 7.99. The predicted octanol–water partition coefficient (Wildman–Crippen LogP) is 5.08. The van der Waals surface area contributed by atoms with Gasteiger partial charge in [-0.1, -0.05) is 42.5 Å². The molecule has 1 nitrogen and oxygen atoms in total. The Balaban J connectivity index is 4.79. The first kappa shape index (κ1) is 15.2. The standard InChI is InChI=1S/C16H22O/c1-7-9-16(12-13(3)4)17-15(6)11-10-14(5)8-2/h7-12H,1-2H2,3-6H3/b14-10-,15-11+,16-9+. The van der Waals surface area contributed by atoms with E-state index in [0.717, 1.165) is 17.1 Å². The Kier molecular flexibility index (Phi) is 7.53. The Bertz CT molecular complexity index is 386. The van der Waals surface area contributed by atoms with E-state index in [1.807, 2.05) is 52.0 Å². The number of allylic oxidation sites excluding steroid dienone is 9. The van der Waals surface area contributed by atoms with Crippen LogP contribution in [0.4, 0.5) is 0 Å². The molecule has 0 atom stereocenters. The highest BCUT2D eigenvalue weighted by Crippen LogP contribution is 2.11. The largest absolute Gasteiger partial charge is 0.462 e. The summed E-state index contributed by atoms with van der Waals surface area (Å²) in [7, 11) is 0. The van der Waals surface area contributed by atoms with Gasteiger partial charge in [0.1, 0.15) is 11.5 Å². The molecule has 0 aromatic carbocycles. The molecule has 0 bridgehead atoms. The van der Waals surface area contributed by atoms with Gasteiger partial charge in [-0.15, -0.1) is 0 Å². The van der Waals surface area contributed by atoms with Gasteiger partial charge in [0.25, 0.3) is 0 Å². The van der Waals surface area contributed by atoms with E-state index >= 15 is 0 Å². The summed E-state index contributed by atoms with van der Waals surface area (Å²) in [4.78, 5) is 0. The van der Waals surface area contributed by atoms with Crippen molar-refractivity contribution < 1.29 is 4.74 Å². The van der Waals surface area contributed by atoms with Gasteiger partial charge in [0.2, 0.25) is 0 Å². The Morgan fingerprint density at radius 2 is 1.59 bits per heavy atom. The van der Waals surface area contributed by atoms with Crippen molar-refractivity contribution in [2.24, 2.45) is 0 Å². The topological polar surface area (TPSA) is 9.23 Å². The van der Waals surface area contributed by atoms with E-state index in [1.54, 1.807) is 12.2 Å². The fourth-order valence-electron chi connectivity index (χ4n) is 1.05. The SMILES string of the molecule is C=C/C=C(\C=C(C)C)O/C(C)=C/C=C(/C)C=C. The Labute approximate surface area is 105 Å². The molecule has 92 valence electrons. The molecule has 0 unspecified atom stereocenters. The van der Waals surface area contributed by atoms with Crippen LogP contribution in [0.1, 0.15) is 27.7 Å². The van der Waals surface area contributed by atoms with Crippen LogP contribution in [0, 0.1) is 0 Å². The predicted molar refractivity (Wildman–Crippen MR) is 76.5 cm³/mol. The van der Waals surface area contributed by atoms with Gasteiger partial charge in [0, 0.05) is 0 Å². The summed E-state index contributed by atoms with van der Waals surface area (Å²) in [6.45, 7) is 15.3. The number of ether oxygens (including phenoxy) is 1. The highest BCUT2D eigenvalue weighted by atomic mass is 16.5. The van der Waals surface area contributed by atoms with Crippen molar-refractivity contribution in [2.45, 2.75) is 27.7 Å². The second kappa shape index (κ2) is 8.40. The van der Waals surface area contributed by atoms with E-state index in [1.165, 1.54) is 5.57 Å².